The summed E-state index contributed by atoms with van der Waals surface area (Å²) in [6.45, 7) is 2.24. The summed E-state index contributed by atoms with van der Waals surface area (Å²) in [6.07, 6.45) is 0.728. The predicted molar refractivity (Wildman–Crippen MR) is 197 cm³/mol. The summed E-state index contributed by atoms with van der Waals surface area (Å²) in [4.78, 5) is 70.2. The Morgan fingerprint density at radius 2 is 1.46 bits per heavy atom. The van der Waals surface area contributed by atoms with Gasteiger partial charge in [0.15, 0.2) is 0 Å². The van der Waals surface area contributed by atoms with Crippen LogP contribution in [-0.2, 0) is 30.3 Å². The van der Waals surface area contributed by atoms with Crippen molar-refractivity contribution in [3.63, 3.8) is 0 Å². The molecule has 0 bridgehead atoms. The summed E-state index contributed by atoms with van der Waals surface area (Å²) in [5.41, 5.74) is 3.63. The maximum absolute atomic E-state index is 13.7. The number of aryl methyl sites for hydroxylation is 1. The Morgan fingerprint density at radius 1 is 0.780 bits per heavy atom. The first-order valence-electron chi connectivity index (χ1n) is 16.6. The van der Waals surface area contributed by atoms with Gasteiger partial charge < -0.3 is 20.7 Å². The van der Waals surface area contributed by atoms with Crippen molar-refractivity contribution >= 4 is 63.2 Å². The van der Waals surface area contributed by atoms with Gasteiger partial charge in [0.2, 0.25) is 0 Å². The number of unbranched alkanes of at least 4 members (excludes halogenated alkanes) is 1. The summed E-state index contributed by atoms with van der Waals surface area (Å²) >= 11 is -2.34. The Balaban J connectivity index is 1.68. The molecular formula is C37H49N5O7Sn. The number of urea groups is 1. The number of benzene rings is 3. The molecule has 0 unspecified atom stereocenters. The van der Waals surface area contributed by atoms with Crippen molar-refractivity contribution in [1.29, 1.82) is 0 Å². The van der Waals surface area contributed by atoms with Gasteiger partial charge in [-0.2, -0.15) is 0 Å². The average Bonchev–Trinajstić information content (AvgIpc) is 3.08. The Kier molecular flexibility index (Phi) is 15.6. The molecule has 2 atom stereocenters. The van der Waals surface area contributed by atoms with Gasteiger partial charge in [-0.05, 0) is 30.7 Å². The number of para-hydroxylation sites is 1. The first-order chi connectivity index (χ1) is 23.8. The van der Waals surface area contributed by atoms with E-state index < -0.39 is 48.4 Å². The molecular weight excluding hydrogens is 745 g/mol. The van der Waals surface area contributed by atoms with Gasteiger partial charge in [0.25, 0.3) is 0 Å². The molecule has 0 fully saturated rings. The summed E-state index contributed by atoms with van der Waals surface area (Å²) in [5.74, 6) is -1.29. The third-order valence-corrected chi connectivity index (χ3v) is 14.0. The summed E-state index contributed by atoms with van der Waals surface area (Å²) in [6, 6.07) is 20.3. The first kappa shape index (κ1) is 39.8. The third-order valence-electron chi connectivity index (χ3n) is 8.09. The molecule has 0 spiro atoms. The van der Waals surface area contributed by atoms with Crippen LogP contribution in [0.1, 0.15) is 48.4 Å². The molecule has 3 rings (SSSR count). The fourth-order valence-electron chi connectivity index (χ4n) is 5.13. The summed E-state index contributed by atoms with van der Waals surface area (Å²) in [5, 5.41) is 14.0. The monoisotopic (exact) mass is 795 g/mol. The molecule has 0 aliphatic carbocycles. The average molecular weight is 795 g/mol. The number of ether oxygens (including phenoxy) is 2. The first-order valence-corrected chi connectivity index (χ1v) is 26.6. The van der Waals surface area contributed by atoms with Gasteiger partial charge in [-0.3, -0.25) is 0 Å². The van der Waals surface area contributed by atoms with Gasteiger partial charge in [0.1, 0.15) is 0 Å². The van der Waals surface area contributed by atoms with Crippen molar-refractivity contribution in [2.24, 2.45) is 0 Å². The number of alkyl carbamates (subject to hydrolysis) is 1. The molecule has 0 aliphatic heterocycles. The van der Waals surface area contributed by atoms with Crippen LogP contribution >= 0.6 is 0 Å². The van der Waals surface area contributed by atoms with E-state index in [4.69, 9.17) is 4.74 Å². The van der Waals surface area contributed by atoms with Gasteiger partial charge in [0.05, 0.1) is 7.11 Å². The van der Waals surface area contributed by atoms with Crippen LogP contribution in [0.2, 0.25) is 14.8 Å². The summed E-state index contributed by atoms with van der Waals surface area (Å²) in [7, 11) is 2.58. The minimum absolute atomic E-state index is 0.00486. The third kappa shape index (κ3) is 13.4. The SMILES string of the molecule is COC(=O)C[C@H](NC(=O)[C@H](CCCCNC(=O)OC)NC(=O)Cc1ccc(NC(=O)Nc2ccccc2C)cc1)c1cc[c]([Sn]([CH3])([CH3])[CH3])cc1. The molecule has 268 valence electrons. The van der Waals surface area contributed by atoms with Crippen LogP contribution in [-0.4, -0.2) is 75.1 Å². The van der Waals surface area contributed by atoms with E-state index in [0.29, 0.717) is 42.7 Å². The van der Waals surface area contributed by atoms with Crippen molar-refractivity contribution in [3.8, 4) is 0 Å². The fraction of sp³-hybridized carbons (Fsp3) is 0.378. The number of amides is 5. The zero-order valence-electron chi connectivity index (χ0n) is 29.7. The second-order valence-electron chi connectivity index (χ2n) is 13.0. The Bertz CT molecular complexity index is 1610. The van der Waals surface area contributed by atoms with Crippen LogP contribution in [0, 0.1) is 6.92 Å². The number of nitrogens with one attached hydrogen (secondary N) is 5. The molecule has 50 heavy (non-hydrogen) atoms. The number of rotatable bonds is 16. The Labute approximate surface area is 298 Å². The molecule has 12 nitrogen and oxygen atoms in total. The van der Waals surface area contributed by atoms with Crippen LogP contribution in [0.4, 0.5) is 21.0 Å². The molecule has 0 saturated carbocycles. The number of methoxy groups -OCH3 is 2. The predicted octanol–water partition coefficient (Wildman–Crippen LogP) is 5.16. The normalized spacial score (nSPS) is 12.1. The van der Waals surface area contributed by atoms with Crippen LogP contribution in [0.5, 0.6) is 0 Å². The molecule has 5 amide bonds. The Hall–Kier alpha value is -4.59. The quantitative estimate of drug-likeness (QED) is 0.0760. The molecule has 3 aromatic rings. The molecule has 3 aromatic carbocycles. The van der Waals surface area contributed by atoms with Gasteiger partial charge in [0, 0.05) is 11.4 Å². The van der Waals surface area contributed by atoms with Gasteiger partial charge in [-0.25, -0.2) is 9.59 Å². The van der Waals surface area contributed by atoms with Crippen LogP contribution in [0.3, 0.4) is 0 Å². The van der Waals surface area contributed by atoms with Crippen LogP contribution in [0.25, 0.3) is 0 Å². The van der Waals surface area contributed by atoms with Crippen molar-refractivity contribution in [1.82, 2.24) is 16.0 Å². The van der Waals surface area contributed by atoms with Crippen molar-refractivity contribution in [3.05, 3.63) is 89.5 Å². The van der Waals surface area contributed by atoms with E-state index in [0.717, 1.165) is 11.1 Å². The van der Waals surface area contributed by atoms with E-state index in [9.17, 15) is 24.0 Å². The number of carbonyl (C=O) groups is 5. The van der Waals surface area contributed by atoms with Crippen LogP contribution in [0.15, 0.2) is 72.8 Å². The van der Waals surface area contributed by atoms with Crippen molar-refractivity contribution in [2.45, 2.75) is 65.9 Å². The van der Waals surface area contributed by atoms with Gasteiger partial charge >= 0.3 is 190 Å². The van der Waals surface area contributed by atoms with E-state index in [1.165, 1.54) is 17.8 Å². The van der Waals surface area contributed by atoms with E-state index in [-0.39, 0.29) is 24.8 Å². The molecule has 5 N–H and O–H groups in total. The molecule has 0 aromatic heterocycles. The molecule has 0 saturated heterocycles. The molecule has 0 heterocycles. The van der Waals surface area contributed by atoms with Crippen molar-refractivity contribution < 1.29 is 33.4 Å². The molecule has 0 radical (unpaired) electrons. The fourth-order valence-corrected chi connectivity index (χ4v) is 8.46. The van der Waals surface area contributed by atoms with Gasteiger partial charge in [-0.15, -0.1) is 0 Å². The second kappa shape index (κ2) is 19.6. The topological polar surface area (TPSA) is 164 Å². The number of anilines is 2. The standard InChI is InChI=1S/C34H40N5O7.3CH3.Sn/c1-23-11-7-8-14-27(23)39-33(43)36-26-18-16-24(17-19-26)21-30(40)37-28(15-9-10-20-35-34(44)46-3)32(42)38-29(22-31(41)45-2)25-12-5-4-6-13-25;;;;/h5-8,11-14,16-19,28-29H,9-10,15,20-22H2,1-3H3,(H,35,44)(H,37,40)(H,38,42)(H2,36,39,43);3*1H3;/t28-,29-;;;;/m0..../s1. The molecule has 0 aliphatic rings. The van der Waals surface area contributed by atoms with E-state index in [1.807, 2.05) is 43.3 Å². The minimum atomic E-state index is -2.34. The number of esters is 1. The Morgan fingerprint density at radius 3 is 2.08 bits per heavy atom. The number of hydrogen-bond donors (Lipinski definition) is 5. The van der Waals surface area contributed by atoms with E-state index >= 15 is 0 Å². The van der Waals surface area contributed by atoms with Crippen LogP contribution < -0.4 is 30.2 Å². The summed E-state index contributed by atoms with van der Waals surface area (Å²) < 4.78 is 10.8. The zero-order valence-corrected chi connectivity index (χ0v) is 32.5. The zero-order chi connectivity index (χ0) is 36.7. The van der Waals surface area contributed by atoms with Gasteiger partial charge in [-0.1, -0.05) is 30.3 Å². The maximum atomic E-state index is 13.7. The van der Waals surface area contributed by atoms with Crippen molar-refractivity contribution in [2.75, 3.05) is 31.4 Å². The number of carbonyl (C=O) groups excluding carboxylic acids is 5. The van der Waals surface area contributed by atoms with E-state index in [2.05, 4.69) is 58.3 Å². The second-order valence-corrected chi connectivity index (χ2v) is 27.5. The van der Waals surface area contributed by atoms with E-state index in [1.54, 1.807) is 24.3 Å². The number of hydrogen-bond acceptors (Lipinski definition) is 7. The molecule has 13 heteroatoms.